The lowest BCUT2D eigenvalue weighted by atomic mass is 10.1. The lowest BCUT2D eigenvalue weighted by Gasteiger charge is -2.10. The molecule has 30 heavy (non-hydrogen) atoms. The molecule has 3 rings (SSSR count). The molecule has 0 saturated carbocycles. The van der Waals surface area contributed by atoms with Crippen LogP contribution in [0.4, 0.5) is 11.4 Å². The van der Waals surface area contributed by atoms with Crippen LogP contribution in [0.15, 0.2) is 84.9 Å². The highest BCUT2D eigenvalue weighted by atomic mass is 16.2. The van der Waals surface area contributed by atoms with Crippen LogP contribution in [0.5, 0.6) is 0 Å². The monoisotopic (exact) mass is 401 g/mol. The first-order valence-electron chi connectivity index (χ1n) is 10.2. The van der Waals surface area contributed by atoms with Crippen LogP contribution < -0.4 is 16.0 Å². The van der Waals surface area contributed by atoms with Crippen molar-refractivity contribution in [3.8, 4) is 0 Å². The fourth-order valence-corrected chi connectivity index (χ4v) is 3.09. The van der Waals surface area contributed by atoms with E-state index in [-0.39, 0.29) is 18.4 Å². The topological polar surface area (TPSA) is 70.2 Å². The minimum atomic E-state index is -0.115. The molecule has 0 heterocycles. The van der Waals surface area contributed by atoms with Gasteiger partial charge in [-0.3, -0.25) is 9.59 Å². The SMILES string of the molecule is O=C(CCc1ccccc1)Nc1cccc(NC(=O)CNCCc2ccccc2)c1. The first-order chi connectivity index (χ1) is 14.7. The second-order valence-electron chi connectivity index (χ2n) is 7.08. The molecule has 0 unspecified atom stereocenters. The Morgan fingerprint density at radius 2 is 1.20 bits per heavy atom. The van der Waals surface area contributed by atoms with Gasteiger partial charge in [0.05, 0.1) is 6.54 Å². The quantitative estimate of drug-likeness (QED) is 0.449. The number of aryl methyl sites for hydroxylation is 1. The van der Waals surface area contributed by atoms with Crippen LogP contribution in [0.3, 0.4) is 0 Å². The smallest absolute Gasteiger partial charge is 0.238 e. The molecule has 0 fully saturated rings. The molecule has 154 valence electrons. The zero-order chi connectivity index (χ0) is 21.0. The molecule has 3 N–H and O–H groups in total. The summed E-state index contributed by atoms with van der Waals surface area (Å²) in [4.78, 5) is 24.4. The molecule has 5 nitrogen and oxygen atoms in total. The fraction of sp³-hybridized carbons (Fsp3) is 0.200. The predicted octanol–water partition coefficient (Wildman–Crippen LogP) is 4.03. The van der Waals surface area contributed by atoms with Gasteiger partial charge in [-0.25, -0.2) is 0 Å². The summed E-state index contributed by atoms with van der Waals surface area (Å²) < 4.78 is 0. The maximum Gasteiger partial charge on any atom is 0.238 e. The lowest BCUT2D eigenvalue weighted by molar-refractivity contribution is -0.116. The standard InChI is InChI=1S/C25H27N3O2/c29-24(15-14-20-8-3-1-4-9-20)27-22-12-7-13-23(18-22)28-25(30)19-26-17-16-21-10-5-2-6-11-21/h1-13,18,26H,14-17,19H2,(H,27,29)(H,28,30). The number of carbonyl (C=O) groups excluding carboxylic acids is 2. The number of benzene rings is 3. The van der Waals surface area contributed by atoms with E-state index in [4.69, 9.17) is 0 Å². The average molecular weight is 402 g/mol. The van der Waals surface area contributed by atoms with Crippen molar-refractivity contribution in [2.75, 3.05) is 23.7 Å². The second kappa shape index (κ2) is 11.5. The highest BCUT2D eigenvalue weighted by Gasteiger charge is 2.06. The third-order valence-electron chi connectivity index (χ3n) is 4.63. The Labute approximate surface area is 177 Å². The van der Waals surface area contributed by atoms with Gasteiger partial charge in [0.15, 0.2) is 0 Å². The maximum absolute atomic E-state index is 12.2. The third-order valence-corrected chi connectivity index (χ3v) is 4.63. The number of anilines is 2. The number of carbonyl (C=O) groups is 2. The average Bonchev–Trinajstić information content (AvgIpc) is 2.77. The van der Waals surface area contributed by atoms with E-state index in [0.29, 0.717) is 24.2 Å². The molecule has 0 saturated heterocycles. The summed E-state index contributed by atoms with van der Waals surface area (Å²) >= 11 is 0. The maximum atomic E-state index is 12.2. The molecule has 0 aliphatic rings. The van der Waals surface area contributed by atoms with Crippen LogP contribution in [0, 0.1) is 0 Å². The predicted molar refractivity (Wildman–Crippen MR) is 121 cm³/mol. The third kappa shape index (κ3) is 7.53. The van der Waals surface area contributed by atoms with Gasteiger partial charge in [-0.2, -0.15) is 0 Å². The van der Waals surface area contributed by atoms with Gasteiger partial charge < -0.3 is 16.0 Å². The van der Waals surface area contributed by atoms with Crippen LogP contribution in [0.2, 0.25) is 0 Å². The molecule has 3 aromatic rings. The summed E-state index contributed by atoms with van der Waals surface area (Å²) in [6, 6.07) is 27.3. The summed E-state index contributed by atoms with van der Waals surface area (Å²) in [6.45, 7) is 0.968. The number of hydrogen-bond donors (Lipinski definition) is 3. The van der Waals surface area contributed by atoms with Gasteiger partial charge in [0.25, 0.3) is 0 Å². The van der Waals surface area contributed by atoms with E-state index in [1.807, 2.05) is 66.7 Å². The molecule has 0 aliphatic heterocycles. The van der Waals surface area contributed by atoms with Gasteiger partial charge in [0.2, 0.25) is 11.8 Å². The minimum absolute atomic E-state index is 0.0510. The summed E-state index contributed by atoms with van der Waals surface area (Å²) in [7, 11) is 0. The second-order valence-corrected chi connectivity index (χ2v) is 7.08. The van der Waals surface area contributed by atoms with Crippen LogP contribution >= 0.6 is 0 Å². The Balaban J connectivity index is 1.39. The first-order valence-corrected chi connectivity index (χ1v) is 10.2. The van der Waals surface area contributed by atoms with Gasteiger partial charge in [0.1, 0.15) is 0 Å². The molecule has 5 heteroatoms. The molecule has 3 aromatic carbocycles. The van der Waals surface area contributed by atoms with E-state index in [9.17, 15) is 9.59 Å². The number of nitrogens with one attached hydrogen (secondary N) is 3. The molecule has 0 radical (unpaired) electrons. The van der Waals surface area contributed by atoms with E-state index in [1.54, 1.807) is 6.07 Å². The molecular weight excluding hydrogens is 374 g/mol. The van der Waals surface area contributed by atoms with Crippen molar-refractivity contribution in [2.45, 2.75) is 19.3 Å². The molecule has 0 aromatic heterocycles. The van der Waals surface area contributed by atoms with Crippen molar-refractivity contribution in [3.05, 3.63) is 96.1 Å². The molecule has 0 atom stereocenters. The minimum Gasteiger partial charge on any atom is -0.326 e. The fourth-order valence-electron chi connectivity index (χ4n) is 3.09. The van der Waals surface area contributed by atoms with Gasteiger partial charge >= 0.3 is 0 Å². The van der Waals surface area contributed by atoms with Gasteiger partial charge in [-0.15, -0.1) is 0 Å². The zero-order valence-electron chi connectivity index (χ0n) is 16.9. The Bertz CT molecular complexity index is 943. The number of amides is 2. The normalized spacial score (nSPS) is 10.4. The van der Waals surface area contributed by atoms with Crippen molar-refractivity contribution in [3.63, 3.8) is 0 Å². The van der Waals surface area contributed by atoms with E-state index in [0.717, 1.165) is 18.5 Å². The van der Waals surface area contributed by atoms with Crippen LogP contribution in [-0.2, 0) is 22.4 Å². The Kier molecular flexibility index (Phi) is 8.18. The zero-order valence-corrected chi connectivity index (χ0v) is 16.9. The molecule has 0 bridgehead atoms. The van der Waals surface area contributed by atoms with Crippen molar-refractivity contribution < 1.29 is 9.59 Å². The Morgan fingerprint density at radius 3 is 1.83 bits per heavy atom. The molecule has 0 aliphatic carbocycles. The lowest BCUT2D eigenvalue weighted by Crippen LogP contribution is -2.29. The molecule has 0 spiro atoms. The van der Waals surface area contributed by atoms with Gasteiger partial charge in [-0.05, 0) is 48.7 Å². The summed E-state index contributed by atoms with van der Waals surface area (Å²) in [5.41, 5.74) is 3.70. The summed E-state index contributed by atoms with van der Waals surface area (Å²) in [6.07, 6.45) is 1.97. The highest BCUT2D eigenvalue weighted by molar-refractivity contribution is 5.94. The van der Waals surface area contributed by atoms with Gasteiger partial charge in [0, 0.05) is 17.8 Å². The van der Waals surface area contributed by atoms with Crippen LogP contribution in [0.25, 0.3) is 0 Å². The number of rotatable bonds is 10. The van der Waals surface area contributed by atoms with Crippen molar-refractivity contribution in [1.29, 1.82) is 0 Å². The Morgan fingerprint density at radius 1 is 0.633 bits per heavy atom. The van der Waals surface area contributed by atoms with Crippen LogP contribution in [-0.4, -0.2) is 24.9 Å². The molecular formula is C25H27N3O2. The summed E-state index contributed by atoms with van der Waals surface area (Å²) in [5.74, 6) is -0.166. The van der Waals surface area contributed by atoms with Crippen molar-refractivity contribution in [1.82, 2.24) is 5.32 Å². The van der Waals surface area contributed by atoms with E-state index in [2.05, 4.69) is 28.1 Å². The van der Waals surface area contributed by atoms with E-state index in [1.165, 1.54) is 5.56 Å². The van der Waals surface area contributed by atoms with Crippen LogP contribution in [0.1, 0.15) is 17.5 Å². The molecule has 2 amide bonds. The first kappa shape index (κ1) is 21.3. The largest absolute Gasteiger partial charge is 0.326 e. The van der Waals surface area contributed by atoms with Gasteiger partial charge in [-0.1, -0.05) is 66.7 Å². The number of hydrogen-bond acceptors (Lipinski definition) is 3. The van der Waals surface area contributed by atoms with Crippen molar-refractivity contribution >= 4 is 23.2 Å². The Hall–Kier alpha value is -3.44. The summed E-state index contributed by atoms with van der Waals surface area (Å²) in [5, 5.41) is 8.90. The van der Waals surface area contributed by atoms with Crippen molar-refractivity contribution in [2.24, 2.45) is 0 Å². The highest BCUT2D eigenvalue weighted by Crippen LogP contribution is 2.15. The van der Waals surface area contributed by atoms with E-state index >= 15 is 0 Å². The van der Waals surface area contributed by atoms with E-state index < -0.39 is 0 Å².